The first-order valence-electron chi connectivity index (χ1n) is 5.73. The van der Waals surface area contributed by atoms with Gasteiger partial charge in [0.1, 0.15) is 5.69 Å². The van der Waals surface area contributed by atoms with Crippen molar-refractivity contribution in [3.63, 3.8) is 0 Å². The van der Waals surface area contributed by atoms with Crippen LogP contribution in [0.2, 0.25) is 0 Å². The van der Waals surface area contributed by atoms with E-state index in [0.29, 0.717) is 18.3 Å². The summed E-state index contributed by atoms with van der Waals surface area (Å²) >= 11 is 0. The van der Waals surface area contributed by atoms with Gasteiger partial charge in [0, 0.05) is 25.4 Å². The number of hydrogen-bond donors (Lipinski definition) is 1. The first-order chi connectivity index (χ1) is 9.28. The number of imidazole rings is 1. The lowest BCUT2D eigenvalue weighted by Crippen LogP contribution is -1.99. The molecule has 7 heteroatoms. The van der Waals surface area contributed by atoms with Crippen LogP contribution in [0.1, 0.15) is 5.69 Å². The third-order valence-corrected chi connectivity index (χ3v) is 2.74. The van der Waals surface area contributed by atoms with Crippen molar-refractivity contribution in [3.8, 4) is 23.0 Å². The molecule has 0 aliphatic carbocycles. The molecule has 7 nitrogen and oxygen atoms in total. The molecule has 0 amide bonds. The van der Waals surface area contributed by atoms with Crippen molar-refractivity contribution in [2.24, 2.45) is 12.8 Å². The second-order valence-electron chi connectivity index (χ2n) is 4.05. The van der Waals surface area contributed by atoms with E-state index in [4.69, 9.17) is 10.3 Å². The lowest BCUT2D eigenvalue weighted by atomic mass is 10.2. The third-order valence-electron chi connectivity index (χ3n) is 2.74. The predicted molar refractivity (Wildman–Crippen MR) is 67.6 cm³/mol. The van der Waals surface area contributed by atoms with E-state index < -0.39 is 0 Å². The highest BCUT2D eigenvalue weighted by atomic mass is 16.5. The number of hydrogen-bond acceptors (Lipinski definition) is 6. The molecule has 19 heavy (non-hydrogen) atoms. The summed E-state index contributed by atoms with van der Waals surface area (Å²) in [7, 11) is 1.87. The van der Waals surface area contributed by atoms with Gasteiger partial charge >= 0.3 is 0 Å². The number of pyridine rings is 1. The molecule has 0 unspecified atom stereocenters. The van der Waals surface area contributed by atoms with E-state index in [9.17, 15) is 0 Å². The second kappa shape index (κ2) is 4.62. The summed E-state index contributed by atoms with van der Waals surface area (Å²) < 4.78 is 7.08. The van der Waals surface area contributed by atoms with Crippen molar-refractivity contribution in [3.05, 3.63) is 36.5 Å². The fourth-order valence-electron chi connectivity index (χ4n) is 1.74. The summed E-state index contributed by atoms with van der Waals surface area (Å²) in [6.45, 7) is 0.372. The number of rotatable bonds is 3. The van der Waals surface area contributed by atoms with Gasteiger partial charge in [0.05, 0.1) is 18.2 Å². The normalized spacial score (nSPS) is 10.8. The van der Waals surface area contributed by atoms with E-state index in [-0.39, 0.29) is 0 Å². The Hall–Kier alpha value is -2.54. The molecule has 0 aliphatic heterocycles. The van der Waals surface area contributed by atoms with Gasteiger partial charge in [0.15, 0.2) is 0 Å². The Kier molecular flexibility index (Phi) is 2.81. The highest BCUT2D eigenvalue weighted by Gasteiger charge is 2.13. The van der Waals surface area contributed by atoms with Crippen molar-refractivity contribution in [2.45, 2.75) is 6.54 Å². The molecule has 3 aromatic rings. The van der Waals surface area contributed by atoms with Crippen LogP contribution in [0.3, 0.4) is 0 Å². The first-order valence-corrected chi connectivity index (χ1v) is 5.73. The van der Waals surface area contributed by atoms with Crippen molar-refractivity contribution >= 4 is 0 Å². The molecule has 96 valence electrons. The molecule has 0 saturated heterocycles. The third kappa shape index (κ3) is 2.11. The number of nitrogens with two attached hydrogens (primary N) is 1. The Morgan fingerprint density at radius 3 is 3.05 bits per heavy atom. The van der Waals surface area contributed by atoms with E-state index in [1.165, 1.54) is 0 Å². The molecule has 0 saturated carbocycles. The van der Waals surface area contributed by atoms with Gasteiger partial charge in [0.2, 0.25) is 5.82 Å². The summed E-state index contributed by atoms with van der Waals surface area (Å²) in [5, 5.41) is 3.95. The van der Waals surface area contributed by atoms with E-state index in [1.807, 2.05) is 17.7 Å². The van der Waals surface area contributed by atoms with Crippen LogP contribution in [-0.4, -0.2) is 24.7 Å². The van der Waals surface area contributed by atoms with Crippen LogP contribution >= 0.6 is 0 Å². The van der Waals surface area contributed by atoms with Crippen molar-refractivity contribution in [1.29, 1.82) is 0 Å². The molecule has 0 aliphatic rings. The largest absolute Gasteiger partial charge is 0.334 e. The summed E-state index contributed by atoms with van der Waals surface area (Å²) in [5.41, 5.74) is 7.93. The molecule has 3 rings (SSSR count). The Balaban J connectivity index is 1.99. The second-order valence-corrected chi connectivity index (χ2v) is 4.05. The van der Waals surface area contributed by atoms with Gasteiger partial charge in [-0.2, -0.15) is 4.98 Å². The quantitative estimate of drug-likeness (QED) is 0.750. The minimum absolute atomic E-state index is 0.372. The molecule has 0 fully saturated rings. The summed E-state index contributed by atoms with van der Waals surface area (Å²) in [6, 6.07) is 3.64. The fourth-order valence-corrected chi connectivity index (χ4v) is 1.74. The molecule has 0 spiro atoms. The molecular weight excluding hydrogens is 244 g/mol. The van der Waals surface area contributed by atoms with Crippen LogP contribution < -0.4 is 5.73 Å². The fraction of sp³-hybridized carbons (Fsp3) is 0.167. The molecule has 0 atom stereocenters. The van der Waals surface area contributed by atoms with Crippen molar-refractivity contribution in [2.75, 3.05) is 0 Å². The van der Waals surface area contributed by atoms with Crippen molar-refractivity contribution < 1.29 is 4.52 Å². The monoisotopic (exact) mass is 256 g/mol. The minimum atomic E-state index is 0.372. The maximum atomic E-state index is 5.56. The Morgan fingerprint density at radius 2 is 2.32 bits per heavy atom. The van der Waals surface area contributed by atoms with E-state index in [0.717, 1.165) is 17.0 Å². The lowest BCUT2D eigenvalue weighted by molar-refractivity contribution is 0.432. The number of aromatic nitrogens is 5. The van der Waals surface area contributed by atoms with Crippen LogP contribution in [0.15, 0.2) is 35.4 Å². The first kappa shape index (κ1) is 11.5. The van der Waals surface area contributed by atoms with Gasteiger partial charge in [-0.3, -0.25) is 4.98 Å². The maximum absolute atomic E-state index is 5.56. The van der Waals surface area contributed by atoms with Gasteiger partial charge in [-0.05, 0) is 12.1 Å². The van der Waals surface area contributed by atoms with Gasteiger partial charge in [0.25, 0.3) is 5.89 Å². The molecule has 3 heterocycles. The molecule has 0 bridgehead atoms. The number of aryl methyl sites for hydroxylation is 1. The van der Waals surface area contributed by atoms with Crippen LogP contribution in [0.4, 0.5) is 0 Å². The van der Waals surface area contributed by atoms with Crippen LogP contribution in [0, 0.1) is 0 Å². The zero-order valence-corrected chi connectivity index (χ0v) is 10.3. The van der Waals surface area contributed by atoms with E-state index in [2.05, 4.69) is 20.1 Å². The van der Waals surface area contributed by atoms with Gasteiger partial charge in [-0.25, -0.2) is 4.98 Å². The highest BCUT2D eigenvalue weighted by Crippen LogP contribution is 2.21. The summed E-state index contributed by atoms with van der Waals surface area (Å²) in [4.78, 5) is 12.5. The smallest absolute Gasteiger partial charge is 0.258 e. The predicted octanol–water partition coefficient (Wildman–Crippen LogP) is 0.991. The number of nitrogens with zero attached hydrogens (tertiary/aromatic N) is 5. The molecule has 2 N–H and O–H groups in total. The highest BCUT2D eigenvalue weighted by molar-refractivity contribution is 5.57. The average molecular weight is 256 g/mol. The zero-order chi connectivity index (χ0) is 13.2. The summed E-state index contributed by atoms with van der Waals surface area (Å²) in [5.74, 6) is 0.939. The van der Waals surface area contributed by atoms with E-state index >= 15 is 0 Å². The topological polar surface area (TPSA) is 95.7 Å². The lowest BCUT2D eigenvalue weighted by Gasteiger charge is -1.97. The molecular formula is C12H12N6O. The van der Waals surface area contributed by atoms with Crippen molar-refractivity contribution in [1.82, 2.24) is 24.7 Å². The SMILES string of the molecule is Cn1cncc1-c1noc(-c2ccnc(CN)c2)n1. The molecule has 0 aromatic carbocycles. The van der Waals surface area contributed by atoms with Gasteiger partial charge in [-0.15, -0.1) is 0 Å². The van der Waals surface area contributed by atoms with E-state index in [1.54, 1.807) is 24.8 Å². The minimum Gasteiger partial charge on any atom is -0.334 e. The molecule has 3 aromatic heterocycles. The van der Waals surface area contributed by atoms with Crippen LogP contribution in [0.5, 0.6) is 0 Å². The summed E-state index contributed by atoms with van der Waals surface area (Å²) in [6.07, 6.45) is 5.04. The average Bonchev–Trinajstić information content (AvgIpc) is 3.07. The van der Waals surface area contributed by atoms with Crippen LogP contribution in [0.25, 0.3) is 23.0 Å². The Labute approximate surface area is 109 Å². The Bertz CT molecular complexity index is 702. The van der Waals surface area contributed by atoms with Gasteiger partial charge < -0.3 is 14.8 Å². The molecule has 0 radical (unpaired) electrons. The van der Waals surface area contributed by atoms with Gasteiger partial charge in [-0.1, -0.05) is 5.16 Å². The standard InChI is InChI=1S/C12H12N6O/c1-18-7-14-6-10(18)11-16-12(19-17-11)8-2-3-15-9(4-8)5-13/h2-4,6-7H,5,13H2,1H3. The van der Waals surface area contributed by atoms with Crippen LogP contribution in [-0.2, 0) is 13.6 Å². The zero-order valence-electron chi connectivity index (χ0n) is 10.3. The maximum Gasteiger partial charge on any atom is 0.258 e. The Morgan fingerprint density at radius 1 is 1.42 bits per heavy atom.